The first-order valence-corrected chi connectivity index (χ1v) is 5.05. The molecule has 4 nitrogen and oxygen atoms in total. The van der Waals surface area contributed by atoms with Crippen molar-refractivity contribution >= 4 is 6.09 Å². The van der Waals surface area contributed by atoms with Crippen molar-refractivity contribution in [2.24, 2.45) is 11.7 Å². The molecule has 0 aromatic heterocycles. The molecule has 14 heavy (non-hydrogen) atoms. The van der Waals surface area contributed by atoms with E-state index in [9.17, 15) is 4.79 Å². The van der Waals surface area contributed by atoms with E-state index in [1.807, 2.05) is 20.8 Å². The molecule has 82 valence electrons. The van der Waals surface area contributed by atoms with Crippen LogP contribution in [0.15, 0.2) is 0 Å². The topological polar surface area (TPSA) is 55.6 Å². The molecule has 1 saturated heterocycles. The Kier molecular flexibility index (Phi) is 3.04. The second-order valence-corrected chi connectivity index (χ2v) is 5.04. The highest BCUT2D eigenvalue weighted by atomic mass is 16.6. The van der Waals surface area contributed by atoms with Gasteiger partial charge in [0.25, 0.3) is 0 Å². The lowest BCUT2D eigenvalue weighted by atomic mass is 10.1. The molecule has 4 heteroatoms. The Morgan fingerprint density at radius 1 is 1.50 bits per heavy atom. The maximum absolute atomic E-state index is 11.6. The fraction of sp³-hybridized carbons (Fsp3) is 0.900. The number of ether oxygens (including phenoxy) is 1. The monoisotopic (exact) mass is 200 g/mol. The van der Waals surface area contributed by atoms with Crippen LogP contribution in [0.3, 0.4) is 0 Å². The van der Waals surface area contributed by atoms with E-state index in [-0.39, 0.29) is 12.3 Å². The summed E-state index contributed by atoms with van der Waals surface area (Å²) in [7, 11) is 0. The van der Waals surface area contributed by atoms with E-state index in [4.69, 9.17) is 10.5 Å². The van der Waals surface area contributed by atoms with Gasteiger partial charge < -0.3 is 10.5 Å². The molecule has 0 radical (unpaired) electrons. The quantitative estimate of drug-likeness (QED) is 0.645. The number of carbonyl (C=O) groups is 1. The zero-order valence-electron chi connectivity index (χ0n) is 9.41. The Balaban J connectivity index is 2.53. The third-order valence-electron chi connectivity index (χ3n) is 2.18. The summed E-state index contributed by atoms with van der Waals surface area (Å²) >= 11 is 0. The Morgan fingerprint density at radius 3 is 2.43 bits per heavy atom. The highest BCUT2D eigenvalue weighted by molar-refractivity contribution is 5.68. The number of hydrogen-bond donors (Lipinski definition) is 1. The molecule has 0 saturated carbocycles. The molecular weight excluding hydrogens is 180 g/mol. The van der Waals surface area contributed by atoms with Gasteiger partial charge >= 0.3 is 6.09 Å². The molecule has 1 rings (SSSR count). The van der Waals surface area contributed by atoms with Gasteiger partial charge in [0.15, 0.2) is 0 Å². The van der Waals surface area contributed by atoms with Crippen LogP contribution in [0.1, 0.15) is 34.1 Å². The average Bonchev–Trinajstić information content (AvgIpc) is 2.26. The Bertz CT molecular complexity index is 223. The number of rotatable bonds is 0. The number of nitrogens with zero attached hydrogens (tertiary/aromatic N) is 1. The van der Waals surface area contributed by atoms with Gasteiger partial charge in [0.1, 0.15) is 5.60 Å². The van der Waals surface area contributed by atoms with Crippen LogP contribution in [0.4, 0.5) is 4.79 Å². The van der Waals surface area contributed by atoms with E-state index in [2.05, 4.69) is 6.92 Å². The third kappa shape index (κ3) is 2.87. The van der Waals surface area contributed by atoms with Gasteiger partial charge in [-0.3, -0.25) is 4.90 Å². The van der Waals surface area contributed by atoms with Crippen molar-refractivity contribution in [1.82, 2.24) is 4.90 Å². The minimum Gasteiger partial charge on any atom is -0.444 e. The predicted molar refractivity (Wildman–Crippen MR) is 54.7 cm³/mol. The molecule has 0 aromatic carbocycles. The van der Waals surface area contributed by atoms with Gasteiger partial charge in [0.05, 0.1) is 6.17 Å². The summed E-state index contributed by atoms with van der Waals surface area (Å²) in [5.41, 5.74) is 5.37. The van der Waals surface area contributed by atoms with Crippen LogP contribution in [0.25, 0.3) is 0 Å². The molecule has 1 heterocycles. The van der Waals surface area contributed by atoms with Crippen molar-refractivity contribution in [2.45, 2.75) is 45.9 Å². The van der Waals surface area contributed by atoms with E-state index in [1.54, 1.807) is 4.90 Å². The van der Waals surface area contributed by atoms with Gasteiger partial charge in [0.2, 0.25) is 0 Å². The number of likely N-dealkylation sites (tertiary alicyclic amines) is 1. The van der Waals surface area contributed by atoms with Crippen molar-refractivity contribution in [3.8, 4) is 0 Å². The van der Waals surface area contributed by atoms with Crippen LogP contribution in [0, 0.1) is 5.92 Å². The molecular formula is C10H20N2O2. The maximum Gasteiger partial charge on any atom is 0.411 e. The Hall–Kier alpha value is -0.770. The van der Waals surface area contributed by atoms with Crippen LogP contribution >= 0.6 is 0 Å². The number of hydrogen-bond acceptors (Lipinski definition) is 3. The molecule has 2 unspecified atom stereocenters. The van der Waals surface area contributed by atoms with Crippen LogP contribution in [0.2, 0.25) is 0 Å². The van der Waals surface area contributed by atoms with Crippen LogP contribution < -0.4 is 5.73 Å². The normalized spacial score (nSPS) is 27.9. The van der Waals surface area contributed by atoms with E-state index >= 15 is 0 Å². The Labute approximate surface area is 85.4 Å². The molecule has 0 aliphatic carbocycles. The molecule has 0 spiro atoms. The number of amides is 1. The molecule has 1 aliphatic rings. The summed E-state index contributed by atoms with van der Waals surface area (Å²) in [5, 5.41) is 0. The lowest BCUT2D eigenvalue weighted by molar-refractivity contribution is 0.0227. The van der Waals surface area contributed by atoms with Crippen molar-refractivity contribution in [3.63, 3.8) is 0 Å². The smallest absolute Gasteiger partial charge is 0.411 e. The number of carbonyl (C=O) groups excluding carboxylic acids is 1. The second kappa shape index (κ2) is 3.77. The third-order valence-corrected chi connectivity index (χ3v) is 2.18. The summed E-state index contributed by atoms with van der Waals surface area (Å²) in [6.07, 6.45) is 0.383. The summed E-state index contributed by atoms with van der Waals surface area (Å²) in [6, 6.07) is 0. The number of nitrogens with two attached hydrogens (primary N) is 1. The van der Waals surface area contributed by atoms with Gasteiger partial charge in [-0.15, -0.1) is 0 Å². The van der Waals surface area contributed by atoms with Crippen molar-refractivity contribution in [2.75, 3.05) is 6.54 Å². The first kappa shape index (κ1) is 11.3. The zero-order chi connectivity index (χ0) is 10.9. The summed E-state index contributed by atoms with van der Waals surface area (Å²) in [5.74, 6) is 0.470. The first-order chi connectivity index (χ1) is 6.29. The minimum absolute atomic E-state index is 0.181. The highest BCUT2D eigenvalue weighted by Gasteiger charge is 2.33. The van der Waals surface area contributed by atoms with Gasteiger partial charge in [-0.05, 0) is 33.1 Å². The molecule has 2 N–H and O–H groups in total. The van der Waals surface area contributed by atoms with Gasteiger partial charge in [-0.1, -0.05) is 6.92 Å². The lowest BCUT2D eigenvalue weighted by Crippen LogP contribution is -2.43. The summed E-state index contributed by atoms with van der Waals surface area (Å²) < 4.78 is 5.25. The van der Waals surface area contributed by atoms with Gasteiger partial charge in [-0.2, -0.15) is 0 Å². The average molecular weight is 200 g/mol. The molecule has 1 fully saturated rings. The fourth-order valence-corrected chi connectivity index (χ4v) is 1.62. The summed E-state index contributed by atoms with van der Waals surface area (Å²) in [6.45, 7) is 8.36. The largest absolute Gasteiger partial charge is 0.444 e. The lowest BCUT2D eigenvalue weighted by Gasteiger charge is -2.26. The van der Waals surface area contributed by atoms with Crippen molar-refractivity contribution in [1.29, 1.82) is 0 Å². The molecule has 1 amide bonds. The Morgan fingerprint density at radius 2 is 2.07 bits per heavy atom. The van der Waals surface area contributed by atoms with E-state index in [0.717, 1.165) is 6.42 Å². The van der Waals surface area contributed by atoms with E-state index in [1.165, 1.54) is 0 Å². The van der Waals surface area contributed by atoms with Gasteiger partial charge in [-0.25, -0.2) is 4.79 Å². The minimum atomic E-state index is -0.442. The second-order valence-electron chi connectivity index (χ2n) is 5.04. The predicted octanol–water partition coefficient (Wildman–Crippen LogP) is 1.55. The van der Waals surface area contributed by atoms with Crippen molar-refractivity contribution in [3.05, 3.63) is 0 Å². The van der Waals surface area contributed by atoms with E-state index in [0.29, 0.717) is 12.5 Å². The molecule has 2 atom stereocenters. The standard InChI is InChI=1S/C10H20N2O2/c1-7-5-8(11)12(6-7)9(13)14-10(2,3)4/h7-8H,5-6,11H2,1-4H3. The van der Waals surface area contributed by atoms with Crippen LogP contribution in [-0.2, 0) is 4.74 Å². The van der Waals surface area contributed by atoms with Crippen molar-refractivity contribution < 1.29 is 9.53 Å². The SMILES string of the molecule is CC1CC(N)N(C(=O)OC(C)(C)C)C1. The zero-order valence-corrected chi connectivity index (χ0v) is 9.41. The molecule has 0 bridgehead atoms. The fourth-order valence-electron chi connectivity index (χ4n) is 1.62. The maximum atomic E-state index is 11.6. The molecule has 0 aromatic rings. The van der Waals surface area contributed by atoms with Gasteiger partial charge in [0, 0.05) is 6.54 Å². The highest BCUT2D eigenvalue weighted by Crippen LogP contribution is 2.21. The van der Waals surface area contributed by atoms with Crippen LogP contribution in [0.5, 0.6) is 0 Å². The summed E-state index contributed by atoms with van der Waals surface area (Å²) in [4.78, 5) is 13.2. The molecule has 1 aliphatic heterocycles. The van der Waals surface area contributed by atoms with E-state index < -0.39 is 5.60 Å². The van der Waals surface area contributed by atoms with Crippen LogP contribution in [-0.4, -0.2) is 29.3 Å². The first-order valence-electron chi connectivity index (χ1n) is 5.05.